The molecule has 1 aromatic heterocycles. The lowest BCUT2D eigenvalue weighted by atomic mass is 10.0. The van der Waals surface area contributed by atoms with E-state index in [0.717, 1.165) is 30.3 Å². The first kappa shape index (κ1) is 13.3. The molecule has 1 fully saturated rings. The van der Waals surface area contributed by atoms with Gasteiger partial charge in [-0.15, -0.1) is 0 Å². The Morgan fingerprint density at radius 2 is 2.11 bits per heavy atom. The summed E-state index contributed by atoms with van der Waals surface area (Å²) in [7, 11) is 0. The highest BCUT2D eigenvalue weighted by Crippen LogP contribution is 2.48. The highest BCUT2D eigenvalue weighted by Gasteiger charge is 2.41. The molecule has 1 aliphatic carbocycles. The van der Waals surface area contributed by atoms with Crippen LogP contribution in [0.3, 0.4) is 0 Å². The van der Waals surface area contributed by atoms with Gasteiger partial charge in [-0.25, -0.2) is 9.97 Å². The molecule has 0 aliphatic heterocycles. The second-order valence-corrected chi connectivity index (χ2v) is 5.74. The Kier molecular flexibility index (Phi) is 3.85. The average molecular weight is 249 g/mol. The molecule has 4 nitrogen and oxygen atoms in total. The molecule has 0 unspecified atom stereocenters. The van der Waals surface area contributed by atoms with Gasteiger partial charge >= 0.3 is 0 Å². The van der Waals surface area contributed by atoms with Crippen molar-refractivity contribution in [1.29, 1.82) is 0 Å². The lowest BCUT2D eigenvalue weighted by Gasteiger charge is -2.15. The number of aryl methyl sites for hydroxylation is 1. The maximum atomic E-state index is 9.04. The van der Waals surface area contributed by atoms with Gasteiger partial charge in [0, 0.05) is 24.5 Å². The van der Waals surface area contributed by atoms with Gasteiger partial charge in [0.2, 0.25) is 5.95 Å². The topological polar surface area (TPSA) is 58.0 Å². The number of anilines is 1. The Labute approximate surface area is 109 Å². The van der Waals surface area contributed by atoms with E-state index in [1.165, 1.54) is 12.8 Å². The normalized spacial score (nSPS) is 16.9. The van der Waals surface area contributed by atoms with E-state index < -0.39 is 0 Å². The van der Waals surface area contributed by atoms with Gasteiger partial charge in [0.25, 0.3) is 0 Å². The maximum absolute atomic E-state index is 9.04. The molecule has 0 bridgehead atoms. The third kappa shape index (κ3) is 3.19. The number of aromatic nitrogens is 2. The maximum Gasteiger partial charge on any atom is 0.223 e. The van der Waals surface area contributed by atoms with E-state index in [9.17, 15) is 0 Å². The van der Waals surface area contributed by atoms with Gasteiger partial charge in [0.15, 0.2) is 0 Å². The molecule has 2 N–H and O–H groups in total. The summed E-state index contributed by atoms with van der Waals surface area (Å²) in [6.45, 7) is 7.42. The minimum absolute atomic E-state index is 0.271. The SMILES string of the molecule is Cc1cc(C(C)C)nc(NCC2(CCO)CC2)n1. The Morgan fingerprint density at radius 1 is 1.39 bits per heavy atom. The summed E-state index contributed by atoms with van der Waals surface area (Å²) in [6.07, 6.45) is 3.27. The van der Waals surface area contributed by atoms with Gasteiger partial charge in [-0.2, -0.15) is 0 Å². The monoisotopic (exact) mass is 249 g/mol. The summed E-state index contributed by atoms with van der Waals surface area (Å²) in [6, 6.07) is 2.04. The second kappa shape index (κ2) is 5.22. The van der Waals surface area contributed by atoms with E-state index in [1.54, 1.807) is 0 Å². The summed E-state index contributed by atoms with van der Waals surface area (Å²) < 4.78 is 0. The van der Waals surface area contributed by atoms with Crippen LogP contribution in [-0.2, 0) is 0 Å². The summed E-state index contributed by atoms with van der Waals surface area (Å²) in [4.78, 5) is 8.96. The highest BCUT2D eigenvalue weighted by atomic mass is 16.3. The van der Waals surface area contributed by atoms with Crippen molar-refractivity contribution in [3.05, 3.63) is 17.5 Å². The number of nitrogens with zero attached hydrogens (tertiary/aromatic N) is 2. The average Bonchev–Trinajstić information content (AvgIpc) is 3.07. The molecule has 0 radical (unpaired) electrons. The largest absolute Gasteiger partial charge is 0.396 e. The summed E-state index contributed by atoms with van der Waals surface area (Å²) >= 11 is 0. The number of hydrogen-bond acceptors (Lipinski definition) is 4. The predicted molar refractivity (Wildman–Crippen MR) is 72.7 cm³/mol. The van der Waals surface area contributed by atoms with E-state index in [0.29, 0.717) is 11.3 Å². The van der Waals surface area contributed by atoms with Crippen LogP contribution in [-0.4, -0.2) is 28.2 Å². The van der Waals surface area contributed by atoms with Crippen LogP contribution in [0.25, 0.3) is 0 Å². The number of hydrogen-bond donors (Lipinski definition) is 2. The Morgan fingerprint density at radius 3 is 2.67 bits per heavy atom. The Bertz CT molecular complexity index is 414. The van der Waals surface area contributed by atoms with E-state index >= 15 is 0 Å². The molecular weight excluding hydrogens is 226 g/mol. The van der Waals surface area contributed by atoms with Gasteiger partial charge in [0.05, 0.1) is 0 Å². The molecule has 1 heterocycles. The van der Waals surface area contributed by atoms with E-state index in [2.05, 4.69) is 29.1 Å². The molecule has 1 aliphatic rings. The van der Waals surface area contributed by atoms with Crippen molar-refractivity contribution in [1.82, 2.24) is 9.97 Å². The minimum Gasteiger partial charge on any atom is -0.396 e. The number of rotatable bonds is 6. The molecule has 0 saturated heterocycles. The van der Waals surface area contributed by atoms with Crippen molar-refractivity contribution in [3.63, 3.8) is 0 Å². The van der Waals surface area contributed by atoms with E-state index in [4.69, 9.17) is 5.11 Å². The zero-order chi connectivity index (χ0) is 13.2. The van der Waals surface area contributed by atoms with Crippen LogP contribution in [0.4, 0.5) is 5.95 Å². The molecule has 4 heteroatoms. The Hall–Kier alpha value is -1.16. The van der Waals surface area contributed by atoms with Gasteiger partial charge in [0.1, 0.15) is 0 Å². The first-order chi connectivity index (χ1) is 8.54. The number of aliphatic hydroxyl groups is 1. The molecule has 0 amide bonds. The van der Waals surface area contributed by atoms with Crippen LogP contribution in [0.2, 0.25) is 0 Å². The second-order valence-electron chi connectivity index (χ2n) is 5.74. The lowest BCUT2D eigenvalue weighted by molar-refractivity contribution is 0.253. The molecular formula is C14H23N3O. The minimum atomic E-state index is 0.271. The van der Waals surface area contributed by atoms with E-state index in [1.807, 2.05) is 13.0 Å². The lowest BCUT2D eigenvalue weighted by Crippen LogP contribution is -2.18. The quantitative estimate of drug-likeness (QED) is 0.813. The van der Waals surface area contributed by atoms with Gasteiger partial charge < -0.3 is 10.4 Å². The van der Waals surface area contributed by atoms with Gasteiger partial charge in [-0.1, -0.05) is 13.8 Å². The molecule has 18 heavy (non-hydrogen) atoms. The fraction of sp³-hybridized carbons (Fsp3) is 0.714. The molecule has 1 saturated carbocycles. The van der Waals surface area contributed by atoms with Crippen LogP contribution in [0, 0.1) is 12.3 Å². The van der Waals surface area contributed by atoms with Gasteiger partial charge in [-0.05, 0) is 43.6 Å². The molecule has 0 spiro atoms. The third-order valence-corrected chi connectivity index (χ3v) is 3.69. The van der Waals surface area contributed by atoms with Crippen molar-refractivity contribution in [2.45, 2.75) is 46.0 Å². The van der Waals surface area contributed by atoms with Gasteiger partial charge in [-0.3, -0.25) is 0 Å². The molecule has 0 aromatic carbocycles. The zero-order valence-corrected chi connectivity index (χ0v) is 11.5. The number of nitrogens with one attached hydrogen (secondary N) is 1. The molecule has 1 aromatic rings. The molecule has 0 atom stereocenters. The highest BCUT2D eigenvalue weighted by molar-refractivity contribution is 5.30. The van der Waals surface area contributed by atoms with Crippen LogP contribution in [0.5, 0.6) is 0 Å². The fourth-order valence-corrected chi connectivity index (χ4v) is 2.16. The fourth-order valence-electron chi connectivity index (χ4n) is 2.16. The first-order valence-corrected chi connectivity index (χ1v) is 6.75. The zero-order valence-electron chi connectivity index (χ0n) is 11.5. The van der Waals surface area contributed by atoms with Crippen LogP contribution in [0.1, 0.15) is 50.4 Å². The summed E-state index contributed by atoms with van der Waals surface area (Å²) in [5, 5.41) is 12.4. The van der Waals surface area contributed by atoms with E-state index in [-0.39, 0.29) is 6.61 Å². The van der Waals surface area contributed by atoms with Crippen molar-refractivity contribution in [2.75, 3.05) is 18.5 Å². The summed E-state index contributed by atoms with van der Waals surface area (Å²) in [5.74, 6) is 1.14. The van der Waals surface area contributed by atoms with Crippen LogP contribution < -0.4 is 5.32 Å². The van der Waals surface area contributed by atoms with Crippen LogP contribution >= 0.6 is 0 Å². The summed E-state index contributed by atoms with van der Waals surface area (Å²) in [5.41, 5.74) is 2.38. The van der Waals surface area contributed by atoms with Crippen molar-refractivity contribution in [3.8, 4) is 0 Å². The van der Waals surface area contributed by atoms with Crippen molar-refractivity contribution in [2.24, 2.45) is 5.41 Å². The smallest absolute Gasteiger partial charge is 0.223 e. The van der Waals surface area contributed by atoms with Crippen LogP contribution in [0.15, 0.2) is 6.07 Å². The molecule has 100 valence electrons. The van der Waals surface area contributed by atoms with Crippen molar-refractivity contribution < 1.29 is 5.11 Å². The third-order valence-electron chi connectivity index (χ3n) is 3.69. The molecule has 2 rings (SSSR count). The predicted octanol–water partition coefficient (Wildman–Crippen LogP) is 2.48. The standard InChI is InChI=1S/C14H23N3O/c1-10(2)12-8-11(3)16-13(17-12)15-9-14(4-5-14)6-7-18/h8,10,18H,4-7,9H2,1-3H3,(H,15,16,17). The number of aliphatic hydroxyl groups excluding tert-OH is 1. The first-order valence-electron chi connectivity index (χ1n) is 6.75. The van der Waals surface area contributed by atoms with Crippen molar-refractivity contribution >= 4 is 5.95 Å². The Balaban J connectivity index is 2.01.